The molecule has 3 fully saturated rings. The molecule has 15 atom stereocenters. The smallest absolute Gasteiger partial charge is 0.338 e. The van der Waals surface area contributed by atoms with E-state index in [9.17, 15) is 47.9 Å². The third kappa shape index (κ3) is 17.8. The van der Waals surface area contributed by atoms with Gasteiger partial charge in [-0.1, -0.05) is 103 Å². The molecule has 0 unspecified atom stereocenters. The fraction of sp³-hybridized carbons (Fsp3) is 0.365. The predicted molar refractivity (Wildman–Crippen MR) is 301 cm³/mol. The average Bonchev–Trinajstić information content (AvgIpc) is 1.78. The fourth-order valence-electron chi connectivity index (χ4n) is 9.66. The number of hydrogen-bond donors (Lipinski definition) is 0. The van der Waals surface area contributed by atoms with E-state index in [0.717, 1.165) is 34.6 Å². The van der Waals surface area contributed by atoms with Gasteiger partial charge in [0.2, 0.25) is 0 Å². The maximum atomic E-state index is 14.7. The Balaban J connectivity index is 1.31. The Morgan fingerprint density at radius 2 is 0.573 bits per heavy atom. The minimum atomic E-state index is -2.19. The van der Waals surface area contributed by atoms with E-state index in [1.54, 1.807) is 66.7 Å². The minimum absolute atomic E-state index is 0.0171. The lowest BCUT2D eigenvalue weighted by Crippen LogP contribution is -2.68. The molecular formula is C63H61ClO25. The quantitative estimate of drug-likeness (QED) is 0.0445. The van der Waals surface area contributed by atoms with Crippen molar-refractivity contribution < 1.29 is 119 Å². The van der Waals surface area contributed by atoms with Crippen LogP contribution in [0.25, 0.3) is 0 Å². The first-order valence-corrected chi connectivity index (χ1v) is 28.1. The molecule has 0 bridgehead atoms. The maximum absolute atomic E-state index is 14.7. The van der Waals surface area contributed by atoms with Gasteiger partial charge in [-0.2, -0.15) is 0 Å². The Kier molecular flexibility index (Phi) is 23.1. The molecule has 0 N–H and O–H groups in total. The van der Waals surface area contributed by atoms with Gasteiger partial charge in [-0.15, -0.1) is 0 Å². The molecule has 470 valence electrons. The highest BCUT2D eigenvalue weighted by atomic mass is 35.5. The fourth-order valence-corrected chi connectivity index (χ4v) is 9.98. The topological polar surface area (TPSA) is 309 Å². The van der Waals surface area contributed by atoms with Crippen molar-refractivity contribution in [3.63, 3.8) is 0 Å². The number of halogens is 1. The maximum Gasteiger partial charge on any atom is 0.338 e. The van der Waals surface area contributed by atoms with E-state index in [1.807, 2.05) is 0 Å². The predicted octanol–water partition coefficient (Wildman–Crippen LogP) is 5.85. The van der Waals surface area contributed by atoms with Crippen molar-refractivity contribution in [1.82, 2.24) is 0 Å². The SMILES string of the molecule is CC(=O)OC[C@H]1O[C@H](O[C@@H]2[C@H](OC(=O)c3ccccc3)[C@@H](OC(=O)c3ccccc3)[C@H](O[C@H]3[C@H](OC(=O)c4ccccc4)[C@@H](OC(=O)c4ccccc4)[C@@H](Cl)O[C@@H]3COC(=O)c3ccccc3)O[C@@H]2COC(C)=O)[C@H](OC(C)=O)[C@@H](OC(C)=O)[C@H]1OC(C)=O. The van der Waals surface area contributed by atoms with Crippen LogP contribution in [0.3, 0.4) is 0 Å². The Labute approximate surface area is 513 Å². The first-order chi connectivity index (χ1) is 42.7. The van der Waals surface area contributed by atoms with E-state index < -0.39 is 171 Å². The summed E-state index contributed by atoms with van der Waals surface area (Å²) >= 11 is 7.01. The third-order valence-corrected chi connectivity index (χ3v) is 13.9. The summed E-state index contributed by atoms with van der Waals surface area (Å²) in [6, 6.07) is 37.6. The summed E-state index contributed by atoms with van der Waals surface area (Å²) in [6.45, 7) is 2.72. The molecule has 25 nitrogen and oxygen atoms in total. The van der Waals surface area contributed by atoms with Crippen molar-refractivity contribution in [2.24, 2.45) is 0 Å². The number of hydrogen-bond acceptors (Lipinski definition) is 25. The number of ether oxygens (including phenoxy) is 15. The van der Waals surface area contributed by atoms with Crippen LogP contribution in [0, 0.1) is 0 Å². The zero-order valence-electron chi connectivity index (χ0n) is 48.3. The molecule has 0 spiro atoms. The van der Waals surface area contributed by atoms with Crippen LogP contribution in [0.5, 0.6) is 0 Å². The highest BCUT2D eigenvalue weighted by molar-refractivity contribution is 6.20. The number of rotatable bonds is 22. The van der Waals surface area contributed by atoms with Crippen molar-refractivity contribution in [2.45, 2.75) is 126 Å². The second kappa shape index (κ2) is 31.2. The summed E-state index contributed by atoms with van der Waals surface area (Å²) in [5.41, 5.74) is -1.85. The van der Waals surface area contributed by atoms with Gasteiger partial charge in [0.25, 0.3) is 0 Å². The van der Waals surface area contributed by atoms with Gasteiger partial charge in [-0.05, 0) is 60.7 Å². The van der Waals surface area contributed by atoms with Crippen LogP contribution < -0.4 is 0 Å². The Hall–Kier alpha value is -9.11. The summed E-state index contributed by atoms with van der Waals surface area (Å²) in [5.74, 6) is -9.91. The van der Waals surface area contributed by atoms with Crippen molar-refractivity contribution in [3.8, 4) is 0 Å². The summed E-state index contributed by atoms with van der Waals surface area (Å²) in [6.07, 6.45) is -26.8. The number of alkyl halides is 1. The van der Waals surface area contributed by atoms with Crippen molar-refractivity contribution in [1.29, 1.82) is 0 Å². The molecule has 0 aliphatic carbocycles. The van der Waals surface area contributed by atoms with E-state index in [-0.39, 0.29) is 27.8 Å². The van der Waals surface area contributed by atoms with Crippen LogP contribution >= 0.6 is 11.6 Å². The summed E-state index contributed by atoms with van der Waals surface area (Å²) in [7, 11) is 0. The number of carbonyl (C=O) groups is 10. The van der Waals surface area contributed by atoms with E-state index >= 15 is 0 Å². The largest absolute Gasteiger partial charge is 0.463 e. The monoisotopic (exact) mass is 1250 g/mol. The van der Waals surface area contributed by atoms with Crippen LogP contribution in [0.4, 0.5) is 0 Å². The normalized spacial score (nSPS) is 26.3. The molecule has 5 aromatic carbocycles. The molecule has 0 saturated carbocycles. The van der Waals surface area contributed by atoms with Gasteiger partial charge in [0.15, 0.2) is 60.9 Å². The Morgan fingerprint density at radius 3 is 0.944 bits per heavy atom. The third-order valence-electron chi connectivity index (χ3n) is 13.5. The highest BCUT2D eigenvalue weighted by Crippen LogP contribution is 2.39. The molecular weight excluding hydrogens is 1190 g/mol. The van der Waals surface area contributed by atoms with E-state index in [4.69, 9.17) is 82.7 Å². The Bertz CT molecular complexity index is 3260. The van der Waals surface area contributed by atoms with Gasteiger partial charge < -0.3 is 71.1 Å². The number of carbonyl (C=O) groups excluding carboxylic acids is 10. The molecule has 5 aromatic rings. The molecule has 3 aliphatic heterocycles. The zero-order valence-corrected chi connectivity index (χ0v) is 49.1. The van der Waals surface area contributed by atoms with Gasteiger partial charge in [0.1, 0.15) is 50.3 Å². The van der Waals surface area contributed by atoms with Crippen molar-refractivity contribution in [3.05, 3.63) is 179 Å². The second-order valence-corrected chi connectivity index (χ2v) is 20.5. The van der Waals surface area contributed by atoms with Gasteiger partial charge in [0.05, 0.1) is 27.8 Å². The molecule has 3 aliphatic rings. The number of esters is 10. The van der Waals surface area contributed by atoms with E-state index in [2.05, 4.69) is 0 Å². The van der Waals surface area contributed by atoms with Crippen LogP contribution in [0.1, 0.15) is 86.4 Å². The zero-order chi connectivity index (χ0) is 63.7. The molecule has 0 aromatic heterocycles. The van der Waals surface area contributed by atoms with Crippen LogP contribution in [-0.2, 0) is 95.0 Å². The molecule has 3 saturated heterocycles. The van der Waals surface area contributed by atoms with Crippen LogP contribution in [-0.4, -0.2) is 171 Å². The second-order valence-electron chi connectivity index (χ2n) is 20.0. The first-order valence-electron chi connectivity index (χ1n) is 27.7. The standard InChI is InChI=1S/C63H61ClO25/c1-34(65)75-31-45-47(78-36(3)67)51(79-37(4)68)54(80-38(5)69)62(82-45)89-49-46(32-76-35(2)66)83-63(55(87-61(74)43-29-19-10-20-30-43)52(49)85-59(72)41-25-15-8-16-26-41)88-48-44(33-77-57(70)39-21-11-6-12-22-39)81-56(64)53(86-60(73)42-27-17-9-18-28-42)50(48)84-58(71)40-23-13-7-14-24-40/h6-30,44-56,62-63H,31-33H2,1-5H3/t44-,45-,46-,47+,48-,49+,50+,51+,52+,53-,54-,55-,56+,62-,63+/m1/s1. The van der Waals surface area contributed by atoms with Crippen molar-refractivity contribution >= 4 is 71.3 Å². The first kappa shape index (κ1) is 65.9. The molecule has 3 heterocycles. The minimum Gasteiger partial charge on any atom is -0.463 e. The highest BCUT2D eigenvalue weighted by Gasteiger charge is 2.60. The summed E-state index contributed by atoms with van der Waals surface area (Å²) in [5, 5.41) is 0. The van der Waals surface area contributed by atoms with Crippen LogP contribution in [0.2, 0.25) is 0 Å². The van der Waals surface area contributed by atoms with Gasteiger partial charge >= 0.3 is 59.7 Å². The lowest BCUT2D eigenvalue weighted by molar-refractivity contribution is -0.370. The van der Waals surface area contributed by atoms with E-state index in [0.29, 0.717) is 0 Å². The summed E-state index contributed by atoms with van der Waals surface area (Å²) in [4.78, 5) is 136. The number of benzene rings is 5. The summed E-state index contributed by atoms with van der Waals surface area (Å²) < 4.78 is 91.6. The lowest BCUT2D eigenvalue weighted by atomic mass is 9.95. The Morgan fingerprint density at radius 1 is 0.303 bits per heavy atom. The average molecular weight is 1250 g/mol. The van der Waals surface area contributed by atoms with Gasteiger partial charge in [-0.3, -0.25) is 24.0 Å². The molecule has 8 rings (SSSR count). The molecule has 0 radical (unpaired) electrons. The van der Waals surface area contributed by atoms with Gasteiger partial charge in [0, 0.05) is 34.6 Å². The van der Waals surface area contributed by atoms with Gasteiger partial charge in [-0.25, -0.2) is 24.0 Å². The van der Waals surface area contributed by atoms with E-state index in [1.165, 1.54) is 84.9 Å². The van der Waals surface area contributed by atoms with Crippen molar-refractivity contribution in [2.75, 3.05) is 19.8 Å². The molecule has 89 heavy (non-hydrogen) atoms. The van der Waals surface area contributed by atoms with Crippen LogP contribution in [0.15, 0.2) is 152 Å². The lowest BCUT2D eigenvalue weighted by Gasteiger charge is -2.50. The molecule has 26 heteroatoms. The molecule has 0 amide bonds.